The van der Waals surface area contributed by atoms with E-state index in [-0.39, 0.29) is 5.91 Å². The van der Waals surface area contributed by atoms with Crippen molar-refractivity contribution in [3.63, 3.8) is 0 Å². The molecule has 0 aliphatic carbocycles. The molecule has 3 heterocycles. The van der Waals surface area contributed by atoms with Gasteiger partial charge in [0.2, 0.25) is 5.91 Å². The highest BCUT2D eigenvalue weighted by atomic mass is 16.5. The lowest BCUT2D eigenvalue weighted by atomic mass is 10.1. The second kappa shape index (κ2) is 8.31. The van der Waals surface area contributed by atoms with Gasteiger partial charge in [0, 0.05) is 24.2 Å². The maximum absolute atomic E-state index is 12.4. The highest BCUT2D eigenvalue weighted by Gasteiger charge is 2.28. The number of rotatable bonds is 5. The summed E-state index contributed by atoms with van der Waals surface area (Å²) in [4.78, 5) is 29.8. The molecule has 0 saturated carbocycles. The van der Waals surface area contributed by atoms with E-state index in [9.17, 15) is 9.59 Å². The normalized spacial score (nSPS) is 13.4. The molecule has 2 amide bonds. The van der Waals surface area contributed by atoms with Crippen molar-refractivity contribution in [2.45, 2.75) is 19.9 Å². The van der Waals surface area contributed by atoms with Gasteiger partial charge in [-0.1, -0.05) is 24.3 Å². The molecule has 3 N–H and O–H groups in total. The first-order valence-electron chi connectivity index (χ1n) is 10.7. The Labute approximate surface area is 190 Å². The van der Waals surface area contributed by atoms with Crippen LogP contribution >= 0.6 is 0 Å². The molecule has 1 aliphatic rings. The maximum atomic E-state index is 12.4. The van der Waals surface area contributed by atoms with Crippen molar-refractivity contribution in [1.29, 1.82) is 0 Å². The lowest BCUT2D eigenvalue weighted by molar-refractivity contribution is -0.127. The van der Waals surface area contributed by atoms with E-state index in [1.165, 1.54) is 0 Å². The first-order valence-corrected chi connectivity index (χ1v) is 10.7. The molecular formula is C25H23N5O3. The number of fused-ring (bicyclic) bond motifs is 3. The number of nitrogens with zero attached hydrogens (tertiary/aromatic N) is 3. The largest absolute Gasteiger partial charge is 0.457 e. The fourth-order valence-electron chi connectivity index (χ4n) is 4.12. The molecule has 0 unspecified atom stereocenters. The smallest absolute Gasteiger partial charge is 0.254 e. The lowest BCUT2D eigenvalue weighted by Crippen LogP contribution is -2.35. The molecule has 0 fully saturated rings. The Morgan fingerprint density at radius 3 is 2.52 bits per heavy atom. The van der Waals surface area contributed by atoms with Crippen LogP contribution in [0.25, 0.3) is 16.9 Å². The number of para-hydroxylation sites is 1. The molecule has 0 saturated heterocycles. The van der Waals surface area contributed by atoms with E-state index >= 15 is 0 Å². The summed E-state index contributed by atoms with van der Waals surface area (Å²) in [5.74, 6) is 0.798. The molecule has 0 radical (unpaired) electrons. The molecule has 8 heteroatoms. The second-order valence-corrected chi connectivity index (χ2v) is 7.85. The van der Waals surface area contributed by atoms with E-state index in [1.807, 2.05) is 61.5 Å². The van der Waals surface area contributed by atoms with E-state index in [2.05, 4.69) is 4.98 Å². The third-order valence-corrected chi connectivity index (χ3v) is 5.71. The zero-order valence-electron chi connectivity index (χ0n) is 18.1. The van der Waals surface area contributed by atoms with Gasteiger partial charge in [-0.3, -0.25) is 9.59 Å². The molecule has 2 aromatic carbocycles. The number of allylic oxidation sites excluding steroid dienone is 1. The standard InChI is InChI=1S/C25H23N5O3/c1-2-6-21(31)29-14-13-19-20(15-29)30-25(27-19)22(24(26)32)23(28-30)16-9-11-18(12-10-16)33-17-7-4-3-5-8-17/h2-12,27H,13-15H2,1H3,(H2,26,32)/b6-2+. The number of carbonyl (C=O) groups is 2. The number of imidazole rings is 1. The van der Waals surface area contributed by atoms with Crippen LogP contribution < -0.4 is 10.5 Å². The molecule has 4 aromatic rings. The minimum Gasteiger partial charge on any atom is -0.457 e. The van der Waals surface area contributed by atoms with E-state index in [1.54, 1.807) is 21.6 Å². The van der Waals surface area contributed by atoms with Gasteiger partial charge in [0.25, 0.3) is 5.91 Å². The van der Waals surface area contributed by atoms with Crippen molar-refractivity contribution in [2.75, 3.05) is 6.54 Å². The Bertz CT molecular complexity index is 1370. The van der Waals surface area contributed by atoms with Crippen LogP contribution in [-0.4, -0.2) is 37.9 Å². The summed E-state index contributed by atoms with van der Waals surface area (Å²) in [6.45, 7) is 2.82. The van der Waals surface area contributed by atoms with Gasteiger partial charge in [0.1, 0.15) is 28.4 Å². The van der Waals surface area contributed by atoms with Crippen molar-refractivity contribution < 1.29 is 14.3 Å². The molecular weight excluding hydrogens is 418 g/mol. The molecule has 0 spiro atoms. The molecule has 8 nitrogen and oxygen atoms in total. The quantitative estimate of drug-likeness (QED) is 0.461. The number of nitrogens with two attached hydrogens (primary N) is 1. The average molecular weight is 441 g/mol. The van der Waals surface area contributed by atoms with Crippen LogP contribution in [-0.2, 0) is 17.8 Å². The summed E-state index contributed by atoms with van der Waals surface area (Å²) in [6, 6.07) is 16.8. The van der Waals surface area contributed by atoms with Gasteiger partial charge in [0.05, 0.1) is 12.2 Å². The van der Waals surface area contributed by atoms with Gasteiger partial charge < -0.3 is 20.4 Å². The van der Waals surface area contributed by atoms with Crippen molar-refractivity contribution >= 4 is 17.5 Å². The van der Waals surface area contributed by atoms with Crippen LogP contribution in [0.1, 0.15) is 28.7 Å². The minimum absolute atomic E-state index is 0.0472. The molecule has 166 valence electrons. The van der Waals surface area contributed by atoms with Gasteiger partial charge in [0.15, 0.2) is 0 Å². The van der Waals surface area contributed by atoms with Crippen LogP contribution in [0, 0.1) is 0 Å². The van der Waals surface area contributed by atoms with Gasteiger partial charge in [-0.2, -0.15) is 5.10 Å². The van der Waals surface area contributed by atoms with Crippen LogP contribution in [0.4, 0.5) is 0 Å². The molecule has 33 heavy (non-hydrogen) atoms. The van der Waals surface area contributed by atoms with Crippen LogP contribution in [0.2, 0.25) is 0 Å². The average Bonchev–Trinajstić information content (AvgIpc) is 3.36. The zero-order valence-corrected chi connectivity index (χ0v) is 18.1. The number of carbonyl (C=O) groups excluding carboxylic acids is 2. The second-order valence-electron chi connectivity index (χ2n) is 7.85. The van der Waals surface area contributed by atoms with Crippen LogP contribution in [0.5, 0.6) is 11.5 Å². The first-order chi connectivity index (χ1) is 16.0. The van der Waals surface area contributed by atoms with E-state index in [0.29, 0.717) is 42.2 Å². The van der Waals surface area contributed by atoms with Gasteiger partial charge >= 0.3 is 0 Å². The number of ether oxygens (including phenoxy) is 1. The lowest BCUT2D eigenvalue weighted by Gasteiger charge is -2.25. The first kappa shape index (κ1) is 20.6. The number of hydrogen-bond donors (Lipinski definition) is 2. The van der Waals surface area contributed by atoms with E-state index in [4.69, 9.17) is 15.6 Å². The summed E-state index contributed by atoms with van der Waals surface area (Å²) in [5, 5.41) is 4.72. The Hall–Kier alpha value is -4.33. The SMILES string of the molecule is C/C=C/C(=O)N1CCc2[nH]c3c(C(N)=O)c(-c4ccc(Oc5ccccc5)cc4)nn3c2C1. The number of primary amides is 1. The van der Waals surface area contributed by atoms with Gasteiger partial charge in [-0.25, -0.2) is 4.52 Å². The monoisotopic (exact) mass is 441 g/mol. The molecule has 0 atom stereocenters. The Morgan fingerprint density at radius 1 is 1.09 bits per heavy atom. The Balaban J connectivity index is 1.51. The minimum atomic E-state index is -0.565. The molecule has 5 rings (SSSR count). The summed E-state index contributed by atoms with van der Waals surface area (Å²) < 4.78 is 7.56. The summed E-state index contributed by atoms with van der Waals surface area (Å²) in [7, 11) is 0. The fourth-order valence-corrected chi connectivity index (χ4v) is 4.12. The number of hydrogen-bond acceptors (Lipinski definition) is 4. The summed E-state index contributed by atoms with van der Waals surface area (Å²) in [6.07, 6.45) is 3.94. The molecule has 2 aromatic heterocycles. The topological polar surface area (TPSA) is 106 Å². The third kappa shape index (κ3) is 3.76. The van der Waals surface area contributed by atoms with Gasteiger partial charge in [-0.15, -0.1) is 0 Å². The van der Waals surface area contributed by atoms with Crippen molar-refractivity contribution in [3.8, 4) is 22.8 Å². The molecule has 0 bridgehead atoms. The fraction of sp³-hybridized carbons (Fsp3) is 0.160. The number of benzene rings is 2. The highest BCUT2D eigenvalue weighted by Crippen LogP contribution is 2.31. The predicted octanol–water partition coefficient (Wildman–Crippen LogP) is 3.68. The predicted molar refractivity (Wildman–Crippen MR) is 124 cm³/mol. The number of H-pyrrole nitrogens is 1. The highest BCUT2D eigenvalue weighted by molar-refractivity contribution is 6.04. The number of amides is 2. The van der Waals surface area contributed by atoms with Crippen molar-refractivity contribution in [2.24, 2.45) is 5.73 Å². The van der Waals surface area contributed by atoms with E-state index < -0.39 is 5.91 Å². The third-order valence-electron chi connectivity index (χ3n) is 5.71. The number of aromatic amines is 1. The number of aromatic nitrogens is 3. The van der Waals surface area contributed by atoms with E-state index in [0.717, 1.165) is 22.7 Å². The van der Waals surface area contributed by atoms with Crippen molar-refractivity contribution in [3.05, 3.63) is 83.7 Å². The van der Waals surface area contributed by atoms with Gasteiger partial charge in [-0.05, 0) is 49.4 Å². The number of nitrogens with one attached hydrogen (secondary N) is 1. The Morgan fingerprint density at radius 2 is 1.82 bits per heavy atom. The Kier molecular flexibility index (Phi) is 5.18. The van der Waals surface area contributed by atoms with Crippen LogP contribution in [0.3, 0.4) is 0 Å². The summed E-state index contributed by atoms with van der Waals surface area (Å²) in [5.41, 5.74) is 9.68. The maximum Gasteiger partial charge on any atom is 0.254 e. The zero-order chi connectivity index (χ0) is 22.9. The summed E-state index contributed by atoms with van der Waals surface area (Å²) >= 11 is 0. The van der Waals surface area contributed by atoms with Crippen molar-refractivity contribution in [1.82, 2.24) is 19.5 Å². The van der Waals surface area contributed by atoms with Crippen LogP contribution in [0.15, 0.2) is 66.7 Å². The molecule has 1 aliphatic heterocycles.